The Morgan fingerprint density at radius 1 is 0.792 bits per heavy atom. The second-order valence-corrected chi connectivity index (χ2v) is 12.0. The van der Waals surface area contributed by atoms with Gasteiger partial charge in [-0.15, -0.1) is 12.6 Å². The Kier molecular flexibility index (Phi) is 14.4. The lowest BCUT2D eigenvalue weighted by Crippen LogP contribution is -2.05. The van der Waals surface area contributed by atoms with Gasteiger partial charge in [-0.25, -0.2) is 0 Å². The van der Waals surface area contributed by atoms with Gasteiger partial charge in [-0.3, -0.25) is 4.79 Å². The smallest absolute Gasteiger partial charge is 0.416 e. The number of hydrogen-bond donors (Lipinski definition) is 2. The molecule has 0 fully saturated rings. The third kappa shape index (κ3) is 11.6. The van der Waals surface area contributed by atoms with Crippen LogP contribution in [0.15, 0.2) is 114 Å². The molecule has 48 heavy (non-hydrogen) atoms. The quantitative estimate of drug-likeness (QED) is 0.131. The fraction of sp³-hybridized carbons (Fsp3) is 0.244. The van der Waals surface area contributed by atoms with Crippen LogP contribution in [-0.4, -0.2) is 11.6 Å². The second kappa shape index (κ2) is 18.2. The van der Waals surface area contributed by atoms with Crippen molar-refractivity contribution < 1.29 is 27.8 Å². The van der Waals surface area contributed by atoms with Crippen LogP contribution in [0, 0.1) is 6.92 Å². The average molecular weight is 673 g/mol. The van der Waals surface area contributed by atoms with Crippen LogP contribution in [0.3, 0.4) is 0 Å². The summed E-state index contributed by atoms with van der Waals surface area (Å²) in [5.74, 6) is 2.16. The number of benzene rings is 5. The molecule has 3 nitrogen and oxygen atoms in total. The van der Waals surface area contributed by atoms with Crippen molar-refractivity contribution in [2.45, 2.75) is 70.9 Å². The minimum Gasteiger partial charge on any atom is -0.483 e. The first-order valence-electron chi connectivity index (χ1n) is 16.0. The fourth-order valence-electron chi connectivity index (χ4n) is 5.00. The number of halogens is 3. The van der Waals surface area contributed by atoms with Gasteiger partial charge in [0.15, 0.2) is 0 Å². The highest BCUT2D eigenvalue weighted by molar-refractivity contribution is 7.80. The number of aryl methyl sites for hydroxylation is 3. The Balaban J connectivity index is 0.000000263. The number of carbonyl (C=O) groups is 1. The van der Waals surface area contributed by atoms with E-state index in [1.165, 1.54) is 45.5 Å². The first-order valence-corrected chi connectivity index (χ1v) is 16.4. The molecule has 0 bridgehead atoms. The molecule has 0 radical (unpaired) electrons. The van der Waals surface area contributed by atoms with E-state index in [2.05, 4.69) is 69.8 Å². The van der Waals surface area contributed by atoms with Crippen LogP contribution in [0.4, 0.5) is 13.2 Å². The standard InChI is InChI=1S/C25H23F3.C13H12OS.C2H6.CH2O2/c1-16(2)23-14-20-13-21(20)15-24(23)19-10-8-17(9-11-19)6-7-18-4-3-5-22(12-18)25(26,27)28;1-10-2-4-11(5-3-10)14-12-6-8-13(15)9-7-12;1-2;2-1-3/h3-5,8-12,14-16H,6-7,13H2,1-2H3;2-9,15H,1H3;1-2H3;1H,(H,2,3). The summed E-state index contributed by atoms with van der Waals surface area (Å²) in [4.78, 5) is 9.30. The predicted molar refractivity (Wildman–Crippen MR) is 193 cm³/mol. The average Bonchev–Trinajstić information content (AvgIpc) is 3.86. The van der Waals surface area contributed by atoms with E-state index in [4.69, 9.17) is 14.6 Å². The number of thiol groups is 1. The Labute approximate surface area is 287 Å². The molecule has 0 atom stereocenters. The number of rotatable bonds is 7. The molecule has 7 heteroatoms. The summed E-state index contributed by atoms with van der Waals surface area (Å²) in [5, 5.41) is 6.89. The zero-order valence-electron chi connectivity index (χ0n) is 28.0. The Morgan fingerprint density at radius 2 is 1.33 bits per heavy atom. The molecule has 0 aromatic heterocycles. The molecule has 6 rings (SSSR count). The van der Waals surface area contributed by atoms with E-state index in [1.807, 2.05) is 62.4 Å². The zero-order valence-corrected chi connectivity index (χ0v) is 28.9. The van der Waals surface area contributed by atoms with E-state index in [0.29, 0.717) is 17.9 Å². The number of alkyl halides is 3. The number of carboxylic acid groups (broad SMARTS) is 1. The number of ether oxygens (including phenoxy) is 1. The van der Waals surface area contributed by atoms with Gasteiger partial charge in [-0.1, -0.05) is 100.0 Å². The van der Waals surface area contributed by atoms with Gasteiger partial charge in [0, 0.05) is 4.90 Å². The van der Waals surface area contributed by atoms with Crippen molar-refractivity contribution in [2.24, 2.45) is 0 Å². The van der Waals surface area contributed by atoms with Gasteiger partial charge in [0.2, 0.25) is 0 Å². The molecule has 252 valence electrons. The van der Waals surface area contributed by atoms with E-state index in [0.717, 1.165) is 40.9 Å². The number of hydrogen-bond acceptors (Lipinski definition) is 3. The normalized spacial score (nSPS) is 11.0. The monoisotopic (exact) mass is 672 g/mol. The first-order chi connectivity index (χ1) is 23.0. The van der Waals surface area contributed by atoms with E-state index < -0.39 is 11.7 Å². The SMILES string of the molecule is CC.CC(C)c1cc2c(cc1-c1ccc(CCc3cccc(C(F)(F)F)c3)cc1)C2.Cc1ccc(Oc2ccc(S)cc2)cc1.O=CO. The summed E-state index contributed by atoms with van der Waals surface area (Å²) < 4.78 is 44.2. The van der Waals surface area contributed by atoms with Crippen molar-refractivity contribution in [3.8, 4) is 22.6 Å². The van der Waals surface area contributed by atoms with Gasteiger partial charge in [0.05, 0.1) is 5.56 Å². The summed E-state index contributed by atoms with van der Waals surface area (Å²) in [6.07, 6.45) is -1.86. The van der Waals surface area contributed by atoms with E-state index in [9.17, 15) is 13.2 Å². The van der Waals surface area contributed by atoms with Crippen molar-refractivity contribution >= 4 is 19.1 Å². The van der Waals surface area contributed by atoms with Crippen molar-refractivity contribution in [2.75, 3.05) is 0 Å². The van der Waals surface area contributed by atoms with Crippen molar-refractivity contribution in [3.63, 3.8) is 0 Å². The Hall–Kier alpha value is -4.49. The summed E-state index contributed by atoms with van der Waals surface area (Å²) >= 11 is 4.22. The molecule has 0 unspecified atom stereocenters. The largest absolute Gasteiger partial charge is 0.483 e. The van der Waals surface area contributed by atoms with Crippen LogP contribution < -0.4 is 4.74 Å². The second-order valence-electron chi connectivity index (χ2n) is 11.4. The zero-order chi connectivity index (χ0) is 35.3. The van der Waals surface area contributed by atoms with Crippen LogP contribution in [0.1, 0.15) is 72.6 Å². The lowest BCUT2D eigenvalue weighted by Gasteiger charge is -2.13. The molecule has 0 spiro atoms. The van der Waals surface area contributed by atoms with Gasteiger partial charge in [0.25, 0.3) is 6.47 Å². The van der Waals surface area contributed by atoms with Crippen LogP contribution in [-0.2, 0) is 30.2 Å². The molecule has 0 heterocycles. The molecule has 1 aliphatic carbocycles. The van der Waals surface area contributed by atoms with E-state index >= 15 is 0 Å². The molecular weight excluding hydrogens is 630 g/mol. The van der Waals surface area contributed by atoms with Crippen LogP contribution in [0.5, 0.6) is 11.5 Å². The minimum absolute atomic E-state index is 0.250. The van der Waals surface area contributed by atoms with Gasteiger partial charge in [-0.2, -0.15) is 13.2 Å². The molecule has 0 aliphatic heterocycles. The number of fused-ring (bicyclic) bond motifs is 1. The molecular formula is C41H43F3O3S. The summed E-state index contributed by atoms with van der Waals surface area (Å²) in [5.41, 5.74) is 9.30. The Morgan fingerprint density at radius 3 is 1.90 bits per heavy atom. The van der Waals surface area contributed by atoms with Crippen LogP contribution in [0.25, 0.3) is 11.1 Å². The molecule has 1 aliphatic rings. The maximum Gasteiger partial charge on any atom is 0.416 e. The lowest BCUT2D eigenvalue weighted by molar-refractivity contribution is -0.137. The van der Waals surface area contributed by atoms with Crippen molar-refractivity contribution in [1.29, 1.82) is 0 Å². The van der Waals surface area contributed by atoms with E-state index in [1.54, 1.807) is 6.07 Å². The topological polar surface area (TPSA) is 46.5 Å². The minimum atomic E-state index is -4.29. The van der Waals surface area contributed by atoms with Gasteiger partial charge >= 0.3 is 6.18 Å². The highest BCUT2D eigenvalue weighted by Gasteiger charge is 2.30. The summed E-state index contributed by atoms with van der Waals surface area (Å²) in [7, 11) is 0. The van der Waals surface area contributed by atoms with Crippen LogP contribution in [0.2, 0.25) is 0 Å². The third-order valence-corrected chi connectivity index (χ3v) is 7.86. The molecule has 0 saturated heterocycles. The molecule has 0 amide bonds. The van der Waals surface area contributed by atoms with Crippen molar-refractivity contribution in [3.05, 3.63) is 148 Å². The van der Waals surface area contributed by atoms with Crippen molar-refractivity contribution in [1.82, 2.24) is 0 Å². The van der Waals surface area contributed by atoms with Gasteiger partial charge in [-0.05, 0) is 114 Å². The summed E-state index contributed by atoms with van der Waals surface area (Å²) in [6.45, 7) is 10.2. The van der Waals surface area contributed by atoms with Gasteiger partial charge in [0.1, 0.15) is 11.5 Å². The maximum absolute atomic E-state index is 12.9. The Bertz CT molecular complexity index is 1680. The highest BCUT2D eigenvalue weighted by atomic mass is 32.1. The fourth-order valence-corrected chi connectivity index (χ4v) is 5.15. The van der Waals surface area contributed by atoms with E-state index in [-0.39, 0.29) is 6.47 Å². The highest BCUT2D eigenvalue weighted by Crippen LogP contribution is 2.39. The third-order valence-electron chi connectivity index (χ3n) is 7.56. The lowest BCUT2D eigenvalue weighted by atomic mass is 9.92. The van der Waals surface area contributed by atoms with Gasteiger partial charge < -0.3 is 9.84 Å². The molecule has 0 saturated carbocycles. The summed E-state index contributed by atoms with van der Waals surface area (Å²) in [6, 6.07) is 34.3. The maximum atomic E-state index is 12.9. The molecule has 5 aromatic carbocycles. The van der Waals surface area contributed by atoms with Crippen LogP contribution >= 0.6 is 12.6 Å². The molecule has 1 N–H and O–H groups in total. The first kappa shape index (κ1) is 38.0. The predicted octanol–water partition coefficient (Wildman–Crippen LogP) is 12.0. The molecule has 5 aromatic rings.